The van der Waals surface area contributed by atoms with Gasteiger partial charge in [0.2, 0.25) is 0 Å². The Bertz CT molecular complexity index is 712. The molecule has 0 bridgehead atoms. The van der Waals surface area contributed by atoms with Crippen molar-refractivity contribution in [2.45, 2.75) is 32.7 Å². The lowest BCUT2D eigenvalue weighted by Crippen LogP contribution is -2.48. The molecule has 5 nitrogen and oxygen atoms in total. The van der Waals surface area contributed by atoms with E-state index < -0.39 is 5.41 Å². The topological polar surface area (TPSA) is 58.2 Å². The van der Waals surface area contributed by atoms with Gasteiger partial charge < -0.3 is 9.72 Å². The lowest BCUT2D eigenvalue weighted by atomic mass is 9.76. The molecule has 1 aromatic heterocycles. The van der Waals surface area contributed by atoms with Crippen LogP contribution in [0.1, 0.15) is 37.6 Å². The van der Waals surface area contributed by atoms with E-state index in [9.17, 15) is 4.79 Å². The summed E-state index contributed by atoms with van der Waals surface area (Å²) in [5, 5.41) is 0. The van der Waals surface area contributed by atoms with Crippen molar-refractivity contribution in [3.63, 3.8) is 0 Å². The van der Waals surface area contributed by atoms with Gasteiger partial charge in [-0.25, -0.2) is 4.98 Å². The highest BCUT2D eigenvalue weighted by Crippen LogP contribution is 2.36. The van der Waals surface area contributed by atoms with E-state index in [1.807, 2.05) is 31.3 Å². The van der Waals surface area contributed by atoms with Crippen molar-refractivity contribution in [3.8, 4) is 0 Å². The van der Waals surface area contributed by atoms with Crippen LogP contribution in [0, 0.1) is 5.41 Å². The van der Waals surface area contributed by atoms with Gasteiger partial charge in [-0.05, 0) is 38.3 Å². The van der Waals surface area contributed by atoms with Crippen molar-refractivity contribution in [3.05, 3.63) is 60.2 Å². The number of allylic oxidation sites excluding steroid dienone is 1. The zero-order chi connectivity index (χ0) is 18.2. The van der Waals surface area contributed by atoms with E-state index >= 15 is 0 Å². The minimum Gasteiger partial charge on any atom is -0.466 e. The second kappa shape index (κ2) is 8.81. The second-order valence-corrected chi connectivity index (χ2v) is 6.87. The minimum absolute atomic E-state index is 0.0816. The number of nitrogens with zero attached hydrogens (tertiary/aromatic N) is 2. The molecule has 0 radical (unpaired) electrons. The van der Waals surface area contributed by atoms with Gasteiger partial charge in [0.05, 0.1) is 18.6 Å². The van der Waals surface area contributed by atoms with Crippen molar-refractivity contribution >= 4 is 12.0 Å². The summed E-state index contributed by atoms with van der Waals surface area (Å²) in [4.78, 5) is 22.6. The fraction of sp³-hybridized carbons (Fsp3) is 0.429. The number of rotatable bonds is 7. The number of piperidine rings is 1. The summed E-state index contributed by atoms with van der Waals surface area (Å²) in [6, 6.07) is 10.2. The van der Waals surface area contributed by atoms with Crippen LogP contribution in [0.2, 0.25) is 0 Å². The molecule has 0 spiro atoms. The number of nitrogens with one attached hydrogen (secondary N) is 1. The zero-order valence-corrected chi connectivity index (χ0v) is 15.4. The summed E-state index contributed by atoms with van der Waals surface area (Å²) in [6.45, 7) is 4.70. The molecular formula is C21H27N3O2. The number of carbonyl (C=O) groups excluding carboxylic acids is 1. The smallest absolute Gasteiger partial charge is 0.313 e. The van der Waals surface area contributed by atoms with E-state index in [1.165, 1.54) is 0 Å². The number of ether oxygens (including phenoxy) is 1. The third kappa shape index (κ3) is 4.61. The van der Waals surface area contributed by atoms with Gasteiger partial charge >= 0.3 is 5.97 Å². The number of hydrogen-bond donors (Lipinski definition) is 1. The lowest BCUT2D eigenvalue weighted by Gasteiger charge is -2.40. The Morgan fingerprint density at radius 2 is 2.23 bits per heavy atom. The summed E-state index contributed by atoms with van der Waals surface area (Å²) >= 11 is 0. The fourth-order valence-corrected chi connectivity index (χ4v) is 3.64. The van der Waals surface area contributed by atoms with Crippen molar-refractivity contribution in [1.82, 2.24) is 14.9 Å². The molecule has 1 fully saturated rings. The number of likely N-dealkylation sites (tertiary alicyclic amines) is 1. The molecule has 1 unspecified atom stereocenters. The van der Waals surface area contributed by atoms with Crippen LogP contribution in [0.25, 0.3) is 6.08 Å². The largest absolute Gasteiger partial charge is 0.466 e. The molecule has 1 N–H and O–H groups in total. The van der Waals surface area contributed by atoms with Crippen LogP contribution in [-0.2, 0) is 16.1 Å². The highest BCUT2D eigenvalue weighted by molar-refractivity contribution is 5.77. The second-order valence-electron chi connectivity index (χ2n) is 6.87. The Balaban J connectivity index is 1.72. The van der Waals surface area contributed by atoms with Crippen molar-refractivity contribution < 1.29 is 9.53 Å². The molecule has 0 aliphatic carbocycles. The predicted octanol–water partition coefficient (Wildman–Crippen LogP) is 3.66. The SMILES string of the molecule is CCOC(=O)C1(CC=Cc2ccccc2)CCCN(Cc2ncc[nH]2)C1. The Morgan fingerprint density at radius 1 is 1.38 bits per heavy atom. The van der Waals surface area contributed by atoms with Gasteiger partial charge in [0.25, 0.3) is 0 Å². The molecule has 2 heterocycles. The van der Waals surface area contributed by atoms with Crippen LogP contribution < -0.4 is 0 Å². The maximum atomic E-state index is 12.8. The molecule has 26 heavy (non-hydrogen) atoms. The highest BCUT2D eigenvalue weighted by atomic mass is 16.5. The monoisotopic (exact) mass is 353 g/mol. The van der Waals surface area contributed by atoms with E-state index in [0.29, 0.717) is 19.6 Å². The van der Waals surface area contributed by atoms with E-state index in [1.54, 1.807) is 6.20 Å². The first-order chi connectivity index (χ1) is 12.7. The summed E-state index contributed by atoms with van der Waals surface area (Å²) < 4.78 is 5.45. The predicted molar refractivity (Wildman–Crippen MR) is 102 cm³/mol. The van der Waals surface area contributed by atoms with E-state index in [-0.39, 0.29) is 5.97 Å². The molecule has 0 amide bonds. The van der Waals surface area contributed by atoms with Gasteiger partial charge in [0, 0.05) is 18.9 Å². The van der Waals surface area contributed by atoms with Gasteiger partial charge in [0.1, 0.15) is 5.82 Å². The van der Waals surface area contributed by atoms with Crippen LogP contribution in [0.4, 0.5) is 0 Å². The number of carbonyl (C=O) groups is 1. The highest BCUT2D eigenvalue weighted by Gasteiger charge is 2.42. The molecule has 1 saturated heterocycles. The van der Waals surface area contributed by atoms with Gasteiger partial charge in [-0.3, -0.25) is 9.69 Å². The van der Waals surface area contributed by atoms with Crippen molar-refractivity contribution in [2.75, 3.05) is 19.7 Å². The molecule has 0 saturated carbocycles. The lowest BCUT2D eigenvalue weighted by molar-refractivity contribution is -0.159. The molecule has 1 aliphatic rings. The number of benzene rings is 1. The van der Waals surface area contributed by atoms with Gasteiger partial charge in [-0.15, -0.1) is 0 Å². The summed E-state index contributed by atoms with van der Waals surface area (Å²) in [7, 11) is 0. The molecule has 138 valence electrons. The standard InChI is InChI=1S/C21H27N3O2/c1-2-26-20(25)21(11-6-10-18-8-4-3-5-9-18)12-7-15-24(17-21)16-19-22-13-14-23-19/h3-6,8-10,13-14H,2,7,11-12,15-17H2,1H3,(H,22,23). The van der Waals surface area contributed by atoms with Crippen LogP contribution in [0.5, 0.6) is 0 Å². The molecule has 5 heteroatoms. The van der Waals surface area contributed by atoms with Gasteiger partial charge in [0.15, 0.2) is 0 Å². The van der Waals surface area contributed by atoms with Crippen LogP contribution >= 0.6 is 0 Å². The Labute approximate surface area is 155 Å². The Morgan fingerprint density at radius 3 is 2.96 bits per heavy atom. The third-order valence-corrected chi connectivity index (χ3v) is 4.91. The quantitative estimate of drug-likeness (QED) is 0.772. The average Bonchev–Trinajstić information content (AvgIpc) is 3.16. The Hall–Kier alpha value is -2.40. The first kappa shape index (κ1) is 18.4. The maximum absolute atomic E-state index is 12.8. The summed E-state index contributed by atoms with van der Waals surface area (Å²) in [5.41, 5.74) is 0.668. The van der Waals surface area contributed by atoms with Gasteiger partial charge in [-0.1, -0.05) is 42.5 Å². The molecule has 3 rings (SSSR count). The van der Waals surface area contributed by atoms with Crippen LogP contribution in [0.15, 0.2) is 48.8 Å². The molecule has 2 aromatic rings. The number of H-pyrrole nitrogens is 1. The molecule has 1 aliphatic heterocycles. The molecular weight excluding hydrogens is 326 g/mol. The van der Waals surface area contributed by atoms with E-state index in [2.05, 4.69) is 39.2 Å². The van der Waals surface area contributed by atoms with E-state index in [4.69, 9.17) is 4.74 Å². The van der Waals surface area contributed by atoms with Crippen molar-refractivity contribution in [2.24, 2.45) is 5.41 Å². The Kier molecular flexibility index (Phi) is 6.23. The molecule has 1 aromatic carbocycles. The van der Waals surface area contributed by atoms with E-state index in [0.717, 1.165) is 37.3 Å². The minimum atomic E-state index is -0.480. The number of aromatic amines is 1. The van der Waals surface area contributed by atoms with Crippen LogP contribution in [0.3, 0.4) is 0 Å². The zero-order valence-electron chi connectivity index (χ0n) is 15.4. The normalized spacial score (nSPS) is 21.1. The number of hydrogen-bond acceptors (Lipinski definition) is 4. The maximum Gasteiger partial charge on any atom is 0.313 e. The van der Waals surface area contributed by atoms with Gasteiger partial charge in [-0.2, -0.15) is 0 Å². The first-order valence-corrected chi connectivity index (χ1v) is 9.31. The average molecular weight is 353 g/mol. The summed E-state index contributed by atoms with van der Waals surface area (Å²) in [5.74, 6) is 0.853. The number of imidazole rings is 1. The third-order valence-electron chi connectivity index (χ3n) is 4.91. The number of aromatic nitrogens is 2. The summed E-state index contributed by atoms with van der Waals surface area (Å²) in [6.07, 6.45) is 10.3. The fourth-order valence-electron chi connectivity index (χ4n) is 3.64. The molecule has 1 atom stereocenters. The van der Waals surface area contributed by atoms with Crippen molar-refractivity contribution in [1.29, 1.82) is 0 Å². The van der Waals surface area contributed by atoms with Crippen LogP contribution in [-0.4, -0.2) is 40.5 Å². The number of esters is 1. The first-order valence-electron chi connectivity index (χ1n) is 9.31.